The van der Waals surface area contributed by atoms with Gasteiger partial charge in [0.1, 0.15) is 5.82 Å². The highest BCUT2D eigenvalue weighted by atomic mass is 16.2. The molecule has 0 aliphatic rings. The van der Waals surface area contributed by atoms with Crippen LogP contribution < -0.4 is 5.32 Å². The van der Waals surface area contributed by atoms with Crippen LogP contribution in [0.3, 0.4) is 0 Å². The van der Waals surface area contributed by atoms with E-state index in [2.05, 4.69) is 16.4 Å². The zero-order valence-electron chi connectivity index (χ0n) is 10.3. The smallest absolute Gasteiger partial charge is 0.241 e. The second kappa shape index (κ2) is 5.85. The molecule has 5 heteroatoms. The lowest BCUT2D eigenvalue weighted by molar-refractivity contribution is -0.127. The molecule has 0 aliphatic heterocycles. The molecule has 0 radical (unpaired) electrons. The van der Waals surface area contributed by atoms with Crippen molar-refractivity contribution in [2.75, 3.05) is 25.5 Å². The number of anilines is 1. The summed E-state index contributed by atoms with van der Waals surface area (Å²) in [5.41, 5.74) is 1.29. The van der Waals surface area contributed by atoms with Crippen molar-refractivity contribution in [1.82, 2.24) is 9.88 Å². The third-order valence-corrected chi connectivity index (χ3v) is 2.40. The van der Waals surface area contributed by atoms with Crippen LogP contribution >= 0.6 is 0 Å². The molecule has 1 heterocycles. The van der Waals surface area contributed by atoms with E-state index >= 15 is 0 Å². The number of amides is 1. The van der Waals surface area contributed by atoms with Crippen LogP contribution in [-0.4, -0.2) is 35.9 Å². The molecule has 17 heavy (non-hydrogen) atoms. The first-order chi connectivity index (χ1) is 8.06. The summed E-state index contributed by atoms with van der Waals surface area (Å²) in [5.74, 6) is 0.550. The zero-order chi connectivity index (χ0) is 12.8. The second-order valence-corrected chi connectivity index (χ2v) is 3.76. The minimum atomic E-state index is -0.00527. The molecular formula is C12H16N4O. The van der Waals surface area contributed by atoms with Crippen LogP contribution in [0.2, 0.25) is 0 Å². The van der Waals surface area contributed by atoms with E-state index in [9.17, 15) is 4.79 Å². The number of carbonyl (C=O) groups is 1. The largest absolute Gasteiger partial charge is 0.361 e. The monoisotopic (exact) mass is 232 g/mol. The maximum atomic E-state index is 11.6. The lowest BCUT2D eigenvalue weighted by Gasteiger charge is -2.15. The summed E-state index contributed by atoms with van der Waals surface area (Å²) in [7, 11) is 1.74. The van der Waals surface area contributed by atoms with Crippen molar-refractivity contribution < 1.29 is 4.79 Å². The summed E-state index contributed by atoms with van der Waals surface area (Å²) >= 11 is 0. The van der Waals surface area contributed by atoms with E-state index in [4.69, 9.17) is 5.26 Å². The molecule has 0 unspecified atom stereocenters. The Morgan fingerprint density at radius 3 is 2.88 bits per heavy atom. The quantitative estimate of drug-likeness (QED) is 0.845. The van der Waals surface area contributed by atoms with E-state index in [1.807, 2.05) is 13.8 Å². The molecule has 1 N–H and O–H groups in total. The first kappa shape index (κ1) is 13.0. The number of hydrogen-bond acceptors (Lipinski definition) is 4. The average Bonchev–Trinajstić information content (AvgIpc) is 2.34. The Bertz CT molecular complexity index is 450. The van der Waals surface area contributed by atoms with E-state index < -0.39 is 0 Å². The van der Waals surface area contributed by atoms with E-state index in [-0.39, 0.29) is 12.5 Å². The molecule has 0 saturated carbocycles. The number of pyridine rings is 1. The molecule has 90 valence electrons. The highest BCUT2D eigenvalue weighted by Gasteiger charge is 2.07. The Labute approximate surface area is 101 Å². The van der Waals surface area contributed by atoms with E-state index in [1.54, 1.807) is 24.1 Å². The molecule has 0 fully saturated rings. The van der Waals surface area contributed by atoms with Gasteiger partial charge in [0, 0.05) is 19.3 Å². The van der Waals surface area contributed by atoms with Crippen molar-refractivity contribution in [3.63, 3.8) is 0 Å². The van der Waals surface area contributed by atoms with Crippen molar-refractivity contribution in [1.29, 1.82) is 5.26 Å². The summed E-state index contributed by atoms with van der Waals surface area (Å²) in [6.07, 6.45) is 0. The van der Waals surface area contributed by atoms with Gasteiger partial charge in [0.05, 0.1) is 18.2 Å². The maximum Gasteiger partial charge on any atom is 0.241 e. The molecule has 0 saturated heterocycles. The van der Waals surface area contributed by atoms with Crippen molar-refractivity contribution in [2.24, 2.45) is 0 Å². The fourth-order valence-electron chi connectivity index (χ4n) is 1.30. The Morgan fingerprint density at radius 1 is 1.59 bits per heavy atom. The van der Waals surface area contributed by atoms with Gasteiger partial charge in [0.25, 0.3) is 0 Å². The number of likely N-dealkylation sites (N-methyl/N-ethyl adjacent to an activating group) is 1. The molecule has 1 aromatic rings. The van der Waals surface area contributed by atoms with Crippen LogP contribution in [0.1, 0.15) is 18.2 Å². The number of nitrogens with one attached hydrogen (secondary N) is 1. The lowest BCUT2D eigenvalue weighted by Crippen LogP contribution is -2.32. The molecule has 0 aliphatic carbocycles. The normalized spacial score (nSPS) is 9.53. The van der Waals surface area contributed by atoms with Gasteiger partial charge >= 0.3 is 0 Å². The molecule has 0 aromatic carbocycles. The number of carbonyl (C=O) groups excluding carboxylic acids is 1. The Balaban J connectivity index is 2.67. The number of aryl methyl sites for hydroxylation is 1. The van der Waals surface area contributed by atoms with Crippen LogP contribution in [-0.2, 0) is 4.79 Å². The lowest BCUT2D eigenvalue weighted by atomic mass is 10.2. The Kier molecular flexibility index (Phi) is 4.46. The molecule has 1 amide bonds. The SMILES string of the molecule is CCN(C)C(=O)CNc1cc(C#N)cc(C)n1. The van der Waals surface area contributed by atoms with Crippen molar-refractivity contribution in [3.05, 3.63) is 23.4 Å². The van der Waals surface area contributed by atoms with Crippen LogP contribution in [0.25, 0.3) is 0 Å². The topological polar surface area (TPSA) is 69.0 Å². The highest BCUT2D eigenvalue weighted by molar-refractivity contribution is 5.80. The van der Waals surface area contributed by atoms with Gasteiger partial charge in [0.2, 0.25) is 5.91 Å². The fourth-order valence-corrected chi connectivity index (χ4v) is 1.30. The first-order valence-electron chi connectivity index (χ1n) is 5.43. The van der Waals surface area contributed by atoms with Gasteiger partial charge in [-0.15, -0.1) is 0 Å². The van der Waals surface area contributed by atoms with Gasteiger partial charge in [-0.1, -0.05) is 0 Å². The predicted octanol–water partition coefficient (Wildman–Crippen LogP) is 1.15. The summed E-state index contributed by atoms with van der Waals surface area (Å²) in [5, 5.41) is 11.7. The molecular weight excluding hydrogens is 216 g/mol. The summed E-state index contributed by atoms with van der Waals surface area (Å²) in [4.78, 5) is 17.4. The Hall–Kier alpha value is -2.09. The van der Waals surface area contributed by atoms with Gasteiger partial charge in [-0.05, 0) is 26.0 Å². The number of hydrogen-bond donors (Lipinski definition) is 1. The highest BCUT2D eigenvalue weighted by Crippen LogP contribution is 2.08. The van der Waals surface area contributed by atoms with Crippen LogP contribution in [0.4, 0.5) is 5.82 Å². The van der Waals surface area contributed by atoms with Crippen molar-refractivity contribution >= 4 is 11.7 Å². The Morgan fingerprint density at radius 2 is 2.29 bits per heavy atom. The summed E-state index contributed by atoms with van der Waals surface area (Å²) < 4.78 is 0. The van der Waals surface area contributed by atoms with Gasteiger partial charge in [-0.2, -0.15) is 5.26 Å². The van der Waals surface area contributed by atoms with Crippen LogP contribution in [0.15, 0.2) is 12.1 Å². The zero-order valence-corrected chi connectivity index (χ0v) is 10.3. The third kappa shape index (κ3) is 3.76. The number of nitriles is 1. The standard InChI is InChI=1S/C12H16N4O/c1-4-16(3)12(17)8-14-11-6-10(7-13)5-9(2)15-11/h5-6H,4,8H2,1-3H3,(H,14,15). The van der Waals surface area contributed by atoms with E-state index in [0.717, 1.165) is 5.69 Å². The van der Waals surface area contributed by atoms with Gasteiger partial charge in [-0.25, -0.2) is 4.98 Å². The minimum Gasteiger partial charge on any atom is -0.361 e. The molecule has 1 aromatic heterocycles. The van der Waals surface area contributed by atoms with Crippen molar-refractivity contribution in [3.8, 4) is 6.07 Å². The third-order valence-electron chi connectivity index (χ3n) is 2.40. The summed E-state index contributed by atoms with van der Waals surface area (Å²) in [6.45, 7) is 4.58. The van der Waals surface area contributed by atoms with Crippen molar-refractivity contribution in [2.45, 2.75) is 13.8 Å². The van der Waals surface area contributed by atoms with Crippen LogP contribution in [0, 0.1) is 18.3 Å². The fraction of sp³-hybridized carbons (Fsp3) is 0.417. The van der Waals surface area contributed by atoms with E-state index in [1.165, 1.54) is 0 Å². The van der Waals surface area contributed by atoms with Crippen LogP contribution in [0.5, 0.6) is 0 Å². The minimum absolute atomic E-state index is 0.00527. The van der Waals surface area contributed by atoms with Gasteiger partial charge in [0.15, 0.2) is 0 Å². The molecule has 0 spiro atoms. The van der Waals surface area contributed by atoms with E-state index in [0.29, 0.717) is 17.9 Å². The van der Waals surface area contributed by atoms with Gasteiger partial charge in [-0.3, -0.25) is 4.79 Å². The maximum absolute atomic E-state index is 11.6. The summed E-state index contributed by atoms with van der Waals surface area (Å²) in [6, 6.07) is 5.39. The second-order valence-electron chi connectivity index (χ2n) is 3.76. The molecule has 5 nitrogen and oxygen atoms in total. The predicted molar refractivity (Wildman–Crippen MR) is 65.5 cm³/mol. The number of rotatable bonds is 4. The first-order valence-corrected chi connectivity index (χ1v) is 5.43. The number of aromatic nitrogens is 1. The number of nitrogens with zero attached hydrogens (tertiary/aromatic N) is 3. The average molecular weight is 232 g/mol. The molecule has 0 bridgehead atoms. The molecule has 0 atom stereocenters. The molecule has 1 rings (SSSR count). The van der Waals surface area contributed by atoms with Gasteiger partial charge < -0.3 is 10.2 Å².